The van der Waals surface area contributed by atoms with E-state index in [0.29, 0.717) is 13.2 Å². The summed E-state index contributed by atoms with van der Waals surface area (Å²) in [5.41, 5.74) is 20.7. The third kappa shape index (κ3) is 8.34. The van der Waals surface area contributed by atoms with Crippen LogP contribution in [0.5, 0.6) is 11.5 Å². The average Bonchev–Trinajstić information content (AvgIpc) is 4.07. The highest BCUT2D eigenvalue weighted by Crippen LogP contribution is 2.61. The van der Waals surface area contributed by atoms with E-state index in [9.17, 15) is 0 Å². The van der Waals surface area contributed by atoms with E-state index >= 15 is 0 Å². The fourth-order valence-corrected chi connectivity index (χ4v) is 11.8. The first-order valence-corrected chi connectivity index (χ1v) is 27.3. The van der Waals surface area contributed by atoms with E-state index in [-0.39, 0.29) is 21.7 Å². The van der Waals surface area contributed by atoms with E-state index < -0.39 is 0 Å². The quantitative estimate of drug-likeness (QED) is 0.136. The lowest BCUT2D eigenvalue weighted by Crippen LogP contribution is -2.10. The van der Waals surface area contributed by atoms with Crippen molar-refractivity contribution in [3.63, 3.8) is 0 Å². The number of fused-ring (bicyclic) bond motifs is 10. The van der Waals surface area contributed by atoms with Gasteiger partial charge in [-0.05, 0) is 215 Å². The van der Waals surface area contributed by atoms with Crippen molar-refractivity contribution in [1.82, 2.24) is 0 Å². The van der Waals surface area contributed by atoms with Crippen molar-refractivity contribution >= 4 is 43.1 Å². The summed E-state index contributed by atoms with van der Waals surface area (Å²) in [6.07, 6.45) is 1.94. The molecular formula is C72H74O2. The molecular weight excluding hydrogens is 897 g/mol. The Bertz CT molecular complexity index is 3510. The molecule has 4 aliphatic carbocycles. The van der Waals surface area contributed by atoms with Gasteiger partial charge < -0.3 is 9.47 Å². The minimum atomic E-state index is -0.0291. The molecule has 7 aromatic rings. The molecule has 2 nitrogen and oxygen atoms in total. The molecule has 2 heteroatoms. The standard InChI is InChI=1S/C72H74O2/c1-15-37-73-51-31-21-45(22-32-51)61-55-39-49(71(9,10)11)29-35-53(55)65-63(43-17-25-47(26-18-43)69(3,4)5)57-42-60-58(41-59(57)67(61)65)64(44-19-27-48(28-20-44)70(6,7)8)66-54-36-30-50(72(12,13)14)40-56(54)62(68(60)66)46-23-33-52(34-24-46)74-38-16-2/h17-36,39-42H,15-16,37-38H2,1-14H3. The predicted molar refractivity (Wildman–Crippen MR) is 320 cm³/mol. The molecule has 0 saturated heterocycles. The maximum atomic E-state index is 6.19. The van der Waals surface area contributed by atoms with Crippen LogP contribution < -0.4 is 9.47 Å². The molecule has 74 heavy (non-hydrogen) atoms. The fraction of sp³-hybridized carbons (Fsp3) is 0.306. The summed E-state index contributed by atoms with van der Waals surface area (Å²) in [5.74, 6) is 1.82. The van der Waals surface area contributed by atoms with Crippen LogP contribution in [0.2, 0.25) is 0 Å². The van der Waals surface area contributed by atoms with Crippen LogP contribution in [0.4, 0.5) is 0 Å². The zero-order chi connectivity index (χ0) is 52.2. The Morgan fingerprint density at radius 1 is 0.257 bits per heavy atom. The number of rotatable bonds is 10. The Labute approximate surface area is 441 Å². The minimum absolute atomic E-state index is 0.0242. The van der Waals surface area contributed by atoms with E-state index in [2.05, 4.69) is 243 Å². The van der Waals surface area contributed by atoms with Crippen LogP contribution in [0.1, 0.15) is 132 Å². The highest BCUT2D eigenvalue weighted by molar-refractivity contribution is 6.36. The molecule has 0 unspecified atom stereocenters. The van der Waals surface area contributed by atoms with Crippen LogP contribution in [0.25, 0.3) is 110 Å². The predicted octanol–water partition coefficient (Wildman–Crippen LogP) is 20.8. The summed E-state index contributed by atoms with van der Waals surface area (Å²) in [7, 11) is 0. The Kier molecular flexibility index (Phi) is 11.9. The third-order valence-corrected chi connectivity index (χ3v) is 15.9. The molecule has 0 fully saturated rings. The molecule has 0 bridgehead atoms. The van der Waals surface area contributed by atoms with Gasteiger partial charge in [-0.1, -0.05) is 194 Å². The van der Waals surface area contributed by atoms with Crippen molar-refractivity contribution in [2.75, 3.05) is 13.2 Å². The van der Waals surface area contributed by atoms with E-state index in [1.807, 2.05) is 0 Å². The maximum absolute atomic E-state index is 6.19. The summed E-state index contributed by atoms with van der Waals surface area (Å²) in [6, 6.07) is 56.6. The minimum Gasteiger partial charge on any atom is -0.494 e. The van der Waals surface area contributed by atoms with Crippen molar-refractivity contribution in [2.45, 2.75) is 131 Å². The summed E-state index contributed by atoms with van der Waals surface area (Å²) < 4.78 is 12.4. The largest absolute Gasteiger partial charge is 0.494 e. The summed E-state index contributed by atoms with van der Waals surface area (Å²) >= 11 is 0. The zero-order valence-electron chi connectivity index (χ0n) is 46.5. The molecule has 0 heterocycles. The van der Waals surface area contributed by atoms with Gasteiger partial charge >= 0.3 is 0 Å². The van der Waals surface area contributed by atoms with Gasteiger partial charge in [-0.25, -0.2) is 0 Å². The Morgan fingerprint density at radius 3 is 0.784 bits per heavy atom. The molecule has 0 aromatic heterocycles. The van der Waals surface area contributed by atoms with Crippen molar-refractivity contribution < 1.29 is 9.47 Å². The van der Waals surface area contributed by atoms with Gasteiger partial charge in [0.25, 0.3) is 0 Å². The second-order valence-electron chi connectivity index (χ2n) is 25.4. The van der Waals surface area contributed by atoms with Gasteiger partial charge in [0.15, 0.2) is 0 Å². The molecule has 0 amide bonds. The highest BCUT2D eigenvalue weighted by Gasteiger charge is 2.35. The lowest BCUT2D eigenvalue weighted by atomic mass is 9.85. The van der Waals surface area contributed by atoms with Gasteiger partial charge in [-0.2, -0.15) is 0 Å². The normalized spacial score (nSPS) is 12.9. The molecule has 0 radical (unpaired) electrons. The number of ether oxygens (including phenoxy) is 2. The monoisotopic (exact) mass is 971 g/mol. The second kappa shape index (κ2) is 17.9. The summed E-state index contributed by atoms with van der Waals surface area (Å²) in [6.45, 7) is 33.6. The highest BCUT2D eigenvalue weighted by atomic mass is 16.5. The lowest BCUT2D eigenvalue weighted by molar-refractivity contribution is 0.317. The van der Waals surface area contributed by atoms with Gasteiger partial charge in [-0.3, -0.25) is 0 Å². The van der Waals surface area contributed by atoms with Crippen molar-refractivity contribution in [3.05, 3.63) is 168 Å². The number of hydrogen-bond donors (Lipinski definition) is 0. The molecule has 0 spiro atoms. The first kappa shape index (κ1) is 49.3. The van der Waals surface area contributed by atoms with Crippen molar-refractivity contribution in [1.29, 1.82) is 0 Å². The van der Waals surface area contributed by atoms with Crippen LogP contribution >= 0.6 is 0 Å². The van der Waals surface area contributed by atoms with Crippen molar-refractivity contribution in [2.24, 2.45) is 0 Å². The van der Waals surface area contributed by atoms with Crippen molar-refractivity contribution in [3.8, 4) is 78.3 Å². The van der Waals surface area contributed by atoms with Crippen LogP contribution in [0, 0.1) is 0 Å². The SMILES string of the molecule is CCCOc1ccc(-c2c3c4cc5c(-c6ccc(C(C)(C)C)cc6)c6c7ccc(C(C)(C)C)cc7c(-c7ccc(OCCC)cc7)c-6c5cc4c(-c4ccc(C(C)(C)C)cc4)c-3c3ccc(C(C)(C)C)cc23)cc1. The van der Waals surface area contributed by atoms with E-state index in [4.69, 9.17) is 9.47 Å². The van der Waals surface area contributed by atoms with Gasteiger partial charge in [0.2, 0.25) is 0 Å². The van der Waals surface area contributed by atoms with E-state index in [0.717, 1.165) is 24.3 Å². The third-order valence-electron chi connectivity index (χ3n) is 15.9. The number of hydrogen-bond acceptors (Lipinski definition) is 2. The van der Waals surface area contributed by atoms with Gasteiger partial charge in [0.05, 0.1) is 13.2 Å². The van der Waals surface area contributed by atoms with E-state index in [1.165, 1.54) is 132 Å². The summed E-state index contributed by atoms with van der Waals surface area (Å²) in [5, 5.41) is 10.3. The number of benzene rings is 7. The van der Waals surface area contributed by atoms with Crippen LogP contribution in [-0.4, -0.2) is 13.2 Å². The zero-order valence-corrected chi connectivity index (χ0v) is 46.5. The maximum Gasteiger partial charge on any atom is 0.119 e. The summed E-state index contributed by atoms with van der Waals surface area (Å²) in [4.78, 5) is 0. The lowest BCUT2D eigenvalue weighted by Gasteiger charge is -2.20. The Hall–Kier alpha value is -6.90. The average molecular weight is 971 g/mol. The van der Waals surface area contributed by atoms with Crippen LogP contribution in [0.3, 0.4) is 0 Å². The van der Waals surface area contributed by atoms with Gasteiger partial charge in [0.1, 0.15) is 11.5 Å². The van der Waals surface area contributed by atoms with Gasteiger partial charge in [0, 0.05) is 0 Å². The molecule has 0 atom stereocenters. The molecule has 7 aromatic carbocycles. The first-order valence-electron chi connectivity index (χ1n) is 27.3. The smallest absolute Gasteiger partial charge is 0.119 e. The molecule has 0 N–H and O–H groups in total. The molecule has 11 rings (SSSR count). The molecule has 4 aliphatic rings. The van der Waals surface area contributed by atoms with E-state index in [1.54, 1.807) is 0 Å². The molecule has 0 aliphatic heterocycles. The van der Waals surface area contributed by atoms with Crippen LogP contribution in [0.15, 0.2) is 146 Å². The van der Waals surface area contributed by atoms with Gasteiger partial charge in [-0.15, -0.1) is 0 Å². The fourth-order valence-electron chi connectivity index (χ4n) is 11.8. The Balaban J connectivity index is 1.33. The van der Waals surface area contributed by atoms with Crippen LogP contribution in [-0.2, 0) is 21.7 Å². The first-order chi connectivity index (χ1) is 35.1. The molecule has 0 saturated carbocycles. The Morgan fingerprint density at radius 2 is 0.500 bits per heavy atom. The molecule has 374 valence electrons. The second-order valence-corrected chi connectivity index (χ2v) is 25.4. The topological polar surface area (TPSA) is 18.5 Å².